The number of benzene rings is 1. The van der Waals surface area contributed by atoms with Gasteiger partial charge in [0.05, 0.1) is 0 Å². The average molecular weight is 160 g/mol. The predicted molar refractivity (Wildman–Crippen MR) is 57.8 cm³/mol. The van der Waals surface area contributed by atoms with E-state index in [1.807, 2.05) is 0 Å². The molecule has 0 aliphatic heterocycles. The lowest BCUT2D eigenvalue weighted by molar-refractivity contribution is 0.587. The molecule has 1 rings (SSSR count). The van der Waals surface area contributed by atoms with Crippen LogP contribution in [0, 0.1) is 5.92 Å². The third-order valence-corrected chi connectivity index (χ3v) is 2.09. The van der Waals surface area contributed by atoms with Gasteiger partial charge in [-0.1, -0.05) is 43.6 Å². The maximum absolute atomic E-state index is 2.28. The van der Waals surface area contributed by atoms with Crippen molar-refractivity contribution in [2.45, 2.75) is 26.7 Å². The van der Waals surface area contributed by atoms with Crippen LogP contribution in [0.5, 0.6) is 0 Å². The molecule has 0 saturated heterocycles. The largest absolute Gasteiger partial charge is 0.139 e. The second-order valence-corrected chi connectivity index (χ2v) is 3.92. The van der Waals surface area contributed by atoms with E-state index in [4.69, 9.17) is 0 Å². The molecule has 0 aliphatic rings. The van der Waals surface area contributed by atoms with Crippen LogP contribution >= 0.6 is 0 Å². The number of hydrogen-bond donors (Lipinski definition) is 0. The van der Waals surface area contributed by atoms with Crippen LogP contribution in [-0.4, -0.2) is 7.85 Å². The van der Waals surface area contributed by atoms with E-state index in [9.17, 15) is 0 Å². The van der Waals surface area contributed by atoms with E-state index in [1.165, 1.54) is 23.9 Å². The van der Waals surface area contributed by atoms with Gasteiger partial charge in [-0.05, 0) is 24.3 Å². The van der Waals surface area contributed by atoms with E-state index in [1.54, 1.807) is 0 Å². The highest BCUT2D eigenvalue weighted by molar-refractivity contribution is 6.32. The number of aryl methyl sites for hydroxylation is 1. The normalized spacial score (nSPS) is 10.6. The minimum Gasteiger partial charge on any atom is -0.0887 e. The molecule has 1 aromatic carbocycles. The molecule has 12 heavy (non-hydrogen) atoms. The van der Waals surface area contributed by atoms with Crippen molar-refractivity contribution in [2.24, 2.45) is 5.92 Å². The van der Waals surface area contributed by atoms with Crippen molar-refractivity contribution < 1.29 is 0 Å². The van der Waals surface area contributed by atoms with Crippen LogP contribution in [0.3, 0.4) is 0 Å². The number of hydrogen-bond acceptors (Lipinski definition) is 0. The van der Waals surface area contributed by atoms with Gasteiger partial charge in [-0.2, -0.15) is 0 Å². The third kappa shape index (κ3) is 3.12. The summed E-state index contributed by atoms with van der Waals surface area (Å²) in [5.41, 5.74) is 2.85. The van der Waals surface area contributed by atoms with Gasteiger partial charge in [0.1, 0.15) is 7.85 Å². The fourth-order valence-electron chi connectivity index (χ4n) is 1.32. The molecule has 0 unspecified atom stereocenters. The van der Waals surface area contributed by atoms with E-state index in [0.717, 1.165) is 5.92 Å². The predicted octanol–water partition coefficient (Wildman–Crippen LogP) is 1.53. The van der Waals surface area contributed by atoms with Gasteiger partial charge < -0.3 is 0 Å². The fourth-order valence-corrected chi connectivity index (χ4v) is 1.32. The molecular formula is C11H17B. The molecule has 1 heteroatoms. The first-order valence-electron chi connectivity index (χ1n) is 4.74. The molecule has 0 heterocycles. The van der Waals surface area contributed by atoms with Gasteiger partial charge in [-0.3, -0.25) is 0 Å². The van der Waals surface area contributed by atoms with Crippen molar-refractivity contribution in [3.05, 3.63) is 29.8 Å². The van der Waals surface area contributed by atoms with Gasteiger partial charge in [-0.15, -0.1) is 0 Å². The summed E-state index contributed by atoms with van der Waals surface area (Å²) < 4.78 is 0. The first-order chi connectivity index (χ1) is 5.68. The molecule has 0 bridgehead atoms. The summed E-state index contributed by atoms with van der Waals surface area (Å²) in [6.07, 6.45) is 2.52. The maximum atomic E-state index is 2.28. The lowest BCUT2D eigenvalue weighted by atomic mass is 9.92. The molecule has 0 atom stereocenters. The third-order valence-electron chi connectivity index (χ3n) is 2.09. The van der Waals surface area contributed by atoms with Gasteiger partial charge in [0.15, 0.2) is 0 Å². The van der Waals surface area contributed by atoms with Gasteiger partial charge >= 0.3 is 0 Å². The summed E-state index contributed by atoms with van der Waals surface area (Å²) in [6.45, 7) is 4.55. The van der Waals surface area contributed by atoms with Crippen LogP contribution in [0.25, 0.3) is 0 Å². The monoisotopic (exact) mass is 160 g/mol. The zero-order chi connectivity index (χ0) is 8.97. The lowest BCUT2D eigenvalue weighted by Gasteiger charge is -2.04. The van der Waals surface area contributed by atoms with Crippen molar-refractivity contribution in [3.63, 3.8) is 0 Å². The van der Waals surface area contributed by atoms with E-state index in [2.05, 4.69) is 46.0 Å². The maximum Gasteiger partial charge on any atom is 0.139 e. The molecule has 0 radical (unpaired) electrons. The Labute approximate surface area is 76.4 Å². The molecule has 0 amide bonds. The Morgan fingerprint density at radius 2 is 2.08 bits per heavy atom. The Bertz CT molecular complexity index is 241. The summed E-state index contributed by atoms with van der Waals surface area (Å²) in [5, 5.41) is 0. The highest BCUT2D eigenvalue weighted by Gasteiger charge is 1.96. The van der Waals surface area contributed by atoms with Crippen molar-refractivity contribution in [1.82, 2.24) is 0 Å². The second-order valence-electron chi connectivity index (χ2n) is 3.92. The van der Waals surface area contributed by atoms with E-state index in [-0.39, 0.29) is 0 Å². The Morgan fingerprint density at radius 3 is 2.67 bits per heavy atom. The van der Waals surface area contributed by atoms with Crippen LogP contribution in [0.2, 0.25) is 0 Å². The first-order valence-corrected chi connectivity index (χ1v) is 4.74. The van der Waals surface area contributed by atoms with E-state index < -0.39 is 0 Å². The topological polar surface area (TPSA) is 0 Å². The summed E-state index contributed by atoms with van der Waals surface area (Å²) in [6, 6.07) is 8.79. The molecule has 0 saturated carbocycles. The summed E-state index contributed by atoms with van der Waals surface area (Å²) in [5.74, 6) is 0.811. The Kier molecular flexibility index (Phi) is 3.39. The van der Waals surface area contributed by atoms with Crippen molar-refractivity contribution >= 4 is 13.3 Å². The van der Waals surface area contributed by atoms with Gasteiger partial charge in [0, 0.05) is 0 Å². The Morgan fingerprint density at radius 1 is 1.33 bits per heavy atom. The molecule has 0 nitrogen and oxygen atoms in total. The summed E-state index contributed by atoms with van der Waals surface area (Å²) in [4.78, 5) is 0. The standard InChI is InChI=1S/C11H17B/c1-9(2)6-7-10-4-3-5-11(12)8-10/h3-5,8-9H,6-7,12H2,1-2H3. The van der Waals surface area contributed by atoms with Crippen LogP contribution in [0.4, 0.5) is 0 Å². The molecule has 1 aromatic rings. The lowest BCUT2D eigenvalue weighted by Crippen LogP contribution is -2.03. The molecule has 0 spiro atoms. The number of rotatable bonds is 3. The quantitative estimate of drug-likeness (QED) is 0.588. The van der Waals surface area contributed by atoms with Gasteiger partial charge in [-0.25, -0.2) is 0 Å². The van der Waals surface area contributed by atoms with Crippen molar-refractivity contribution in [3.8, 4) is 0 Å². The van der Waals surface area contributed by atoms with Crippen LogP contribution in [0.15, 0.2) is 24.3 Å². The van der Waals surface area contributed by atoms with Crippen LogP contribution < -0.4 is 5.46 Å². The van der Waals surface area contributed by atoms with Crippen molar-refractivity contribution in [2.75, 3.05) is 0 Å². The van der Waals surface area contributed by atoms with Gasteiger partial charge in [0.2, 0.25) is 0 Å². The molecule has 0 N–H and O–H groups in total. The summed E-state index contributed by atoms with van der Waals surface area (Å²) in [7, 11) is 2.15. The Balaban J connectivity index is 2.52. The zero-order valence-electron chi connectivity index (χ0n) is 8.30. The highest BCUT2D eigenvalue weighted by Crippen LogP contribution is 2.06. The molecule has 64 valence electrons. The van der Waals surface area contributed by atoms with Crippen LogP contribution in [-0.2, 0) is 6.42 Å². The summed E-state index contributed by atoms with van der Waals surface area (Å²) >= 11 is 0. The van der Waals surface area contributed by atoms with E-state index in [0.29, 0.717) is 0 Å². The molecular weight excluding hydrogens is 143 g/mol. The zero-order valence-corrected chi connectivity index (χ0v) is 8.30. The minimum atomic E-state index is 0.811. The van der Waals surface area contributed by atoms with Crippen molar-refractivity contribution in [1.29, 1.82) is 0 Å². The van der Waals surface area contributed by atoms with Gasteiger partial charge in [0.25, 0.3) is 0 Å². The Hall–Kier alpha value is -0.715. The highest BCUT2D eigenvalue weighted by atomic mass is 14.0. The van der Waals surface area contributed by atoms with Crippen LogP contribution in [0.1, 0.15) is 25.8 Å². The van der Waals surface area contributed by atoms with E-state index >= 15 is 0 Å². The molecule has 0 fully saturated rings. The minimum absolute atomic E-state index is 0.811. The smallest absolute Gasteiger partial charge is 0.0887 e. The molecule has 0 aliphatic carbocycles. The second kappa shape index (κ2) is 4.35. The first kappa shape index (κ1) is 9.37. The SMILES string of the molecule is Bc1cccc(CCC(C)C)c1. The fraction of sp³-hybridized carbons (Fsp3) is 0.455. The average Bonchev–Trinajstić information content (AvgIpc) is 2.01. The molecule has 0 aromatic heterocycles.